The van der Waals surface area contributed by atoms with Crippen LogP contribution in [-0.2, 0) is 16.1 Å². The summed E-state index contributed by atoms with van der Waals surface area (Å²) >= 11 is 0. The van der Waals surface area contributed by atoms with Crippen LogP contribution < -0.4 is 10.6 Å². The van der Waals surface area contributed by atoms with Gasteiger partial charge >= 0.3 is 5.97 Å². The highest BCUT2D eigenvalue weighted by Gasteiger charge is 2.28. The van der Waals surface area contributed by atoms with E-state index >= 15 is 0 Å². The van der Waals surface area contributed by atoms with E-state index in [1.165, 1.54) is 0 Å². The van der Waals surface area contributed by atoms with E-state index in [1.807, 2.05) is 52.0 Å². The number of halogens is 1. The van der Waals surface area contributed by atoms with Crippen LogP contribution in [-0.4, -0.2) is 55.0 Å². The Hall–Kier alpha value is -1.84. The standard InChI is InChI=1S/C23H36N4O3.HI/c1-5-17(4)26-21(28)19-11-8-10-18(14-19)15-25-23(24-6-2)27-13-9-12-20(16-27)22(29)30-7-3;/h8,10-11,14,17,20H,5-7,9,12-13,15-16H2,1-4H3,(H,24,25)(H,26,28);1H. The van der Waals surface area contributed by atoms with Crippen molar-refractivity contribution in [2.24, 2.45) is 10.9 Å². The van der Waals surface area contributed by atoms with Crippen LogP contribution in [0, 0.1) is 5.92 Å². The van der Waals surface area contributed by atoms with Crippen molar-refractivity contribution >= 4 is 41.8 Å². The Morgan fingerprint density at radius 1 is 1.29 bits per heavy atom. The second kappa shape index (κ2) is 14.3. The van der Waals surface area contributed by atoms with Crippen LogP contribution in [0.5, 0.6) is 0 Å². The Labute approximate surface area is 203 Å². The number of piperidine rings is 1. The van der Waals surface area contributed by atoms with Gasteiger partial charge in [-0.2, -0.15) is 0 Å². The van der Waals surface area contributed by atoms with Crippen molar-refractivity contribution in [2.45, 2.75) is 59.5 Å². The molecular weight excluding hydrogens is 507 g/mol. The number of guanidine groups is 1. The molecule has 1 saturated heterocycles. The molecule has 0 bridgehead atoms. The van der Waals surface area contributed by atoms with Crippen LogP contribution in [0.2, 0.25) is 0 Å². The molecule has 1 fully saturated rings. The molecule has 1 aromatic rings. The van der Waals surface area contributed by atoms with Crippen molar-refractivity contribution < 1.29 is 14.3 Å². The normalized spacial score (nSPS) is 17.4. The summed E-state index contributed by atoms with van der Waals surface area (Å²) in [5.74, 6) is 0.490. The minimum atomic E-state index is -0.127. The first-order chi connectivity index (χ1) is 14.5. The number of nitrogens with zero attached hydrogens (tertiary/aromatic N) is 2. The fourth-order valence-corrected chi connectivity index (χ4v) is 3.43. The minimum absolute atomic E-state index is 0. The highest BCUT2D eigenvalue weighted by molar-refractivity contribution is 14.0. The van der Waals surface area contributed by atoms with E-state index < -0.39 is 0 Å². The van der Waals surface area contributed by atoms with Gasteiger partial charge in [-0.25, -0.2) is 4.99 Å². The second-order valence-corrected chi connectivity index (χ2v) is 7.69. The maximum absolute atomic E-state index is 12.4. The van der Waals surface area contributed by atoms with Gasteiger partial charge < -0.3 is 20.3 Å². The van der Waals surface area contributed by atoms with Crippen molar-refractivity contribution in [2.75, 3.05) is 26.2 Å². The lowest BCUT2D eigenvalue weighted by Gasteiger charge is -2.34. The first kappa shape index (κ1) is 27.2. The molecule has 2 N–H and O–H groups in total. The van der Waals surface area contributed by atoms with Gasteiger partial charge in [0.15, 0.2) is 5.96 Å². The van der Waals surface area contributed by atoms with Crippen LogP contribution in [0.25, 0.3) is 0 Å². The first-order valence-electron chi connectivity index (χ1n) is 11.1. The molecule has 31 heavy (non-hydrogen) atoms. The van der Waals surface area contributed by atoms with Crippen molar-refractivity contribution in [3.05, 3.63) is 35.4 Å². The number of hydrogen-bond donors (Lipinski definition) is 2. The van der Waals surface area contributed by atoms with Crippen LogP contribution in [0.1, 0.15) is 62.9 Å². The second-order valence-electron chi connectivity index (χ2n) is 7.69. The fourth-order valence-electron chi connectivity index (χ4n) is 3.43. The zero-order valence-corrected chi connectivity index (χ0v) is 21.5. The van der Waals surface area contributed by atoms with Crippen LogP contribution in [0.3, 0.4) is 0 Å². The zero-order valence-electron chi connectivity index (χ0n) is 19.1. The first-order valence-corrected chi connectivity index (χ1v) is 11.1. The number of likely N-dealkylation sites (tertiary alicyclic amines) is 1. The number of ether oxygens (including phenoxy) is 1. The van der Waals surface area contributed by atoms with E-state index in [1.54, 1.807) is 0 Å². The number of aliphatic imine (C=N–C) groups is 1. The van der Waals surface area contributed by atoms with E-state index in [2.05, 4.69) is 15.5 Å². The van der Waals surface area contributed by atoms with Crippen LogP contribution >= 0.6 is 24.0 Å². The summed E-state index contributed by atoms with van der Waals surface area (Å²) in [4.78, 5) is 31.5. The molecule has 0 radical (unpaired) electrons. The smallest absolute Gasteiger partial charge is 0.310 e. The fraction of sp³-hybridized carbons (Fsp3) is 0.609. The summed E-state index contributed by atoms with van der Waals surface area (Å²) in [7, 11) is 0. The number of carbonyl (C=O) groups is 2. The highest BCUT2D eigenvalue weighted by atomic mass is 127. The maximum Gasteiger partial charge on any atom is 0.310 e. The van der Waals surface area contributed by atoms with E-state index in [0.717, 1.165) is 43.9 Å². The topological polar surface area (TPSA) is 83.0 Å². The molecule has 2 rings (SSSR count). The molecule has 1 heterocycles. The molecule has 1 aliphatic heterocycles. The van der Waals surface area contributed by atoms with Crippen molar-refractivity contribution in [3.63, 3.8) is 0 Å². The summed E-state index contributed by atoms with van der Waals surface area (Å²) in [6.07, 6.45) is 2.67. The SMILES string of the molecule is CCNC(=NCc1cccc(C(=O)NC(C)CC)c1)N1CCCC(C(=O)OCC)C1.I. The van der Waals surface area contributed by atoms with Gasteiger partial charge in [-0.05, 0) is 57.7 Å². The molecule has 2 unspecified atom stereocenters. The molecule has 0 aromatic heterocycles. The summed E-state index contributed by atoms with van der Waals surface area (Å²) in [5, 5.41) is 6.33. The number of benzene rings is 1. The lowest BCUT2D eigenvalue weighted by atomic mass is 9.98. The van der Waals surface area contributed by atoms with Crippen LogP contribution in [0.4, 0.5) is 0 Å². The zero-order chi connectivity index (χ0) is 21.9. The third-order valence-electron chi connectivity index (χ3n) is 5.27. The third kappa shape index (κ3) is 8.66. The molecular formula is C23H37IN4O3. The molecule has 1 aromatic carbocycles. The lowest BCUT2D eigenvalue weighted by Crippen LogP contribution is -2.48. The number of carbonyl (C=O) groups excluding carboxylic acids is 2. The number of esters is 1. The van der Waals surface area contributed by atoms with Crippen LogP contribution in [0.15, 0.2) is 29.3 Å². The summed E-state index contributed by atoms with van der Waals surface area (Å²) in [6.45, 7) is 11.0. The van der Waals surface area contributed by atoms with Gasteiger partial charge in [0.05, 0.1) is 19.1 Å². The number of nitrogens with one attached hydrogen (secondary N) is 2. The monoisotopic (exact) mass is 544 g/mol. The molecule has 1 aliphatic rings. The lowest BCUT2D eigenvalue weighted by molar-refractivity contribution is -0.149. The van der Waals surface area contributed by atoms with Gasteiger partial charge in [-0.15, -0.1) is 24.0 Å². The summed E-state index contributed by atoms with van der Waals surface area (Å²) in [6, 6.07) is 7.73. The molecule has 2 atom stereocenters. The third-order valence-corrected chi connectivity index (χ3v) is 5.27. The van der Waals surface area contributed by atoms with Gasteiger partial charge in [-0.1, -0.05) is 19.1 Å². The predicted molar refractivity (Wildman–Crippen MR) is 135 cm³/mol. The maximum atomic E-state index is 12.4. The number of amides is 1. The Balaban J connectivity index is 0.00000480. The molecule has 0 saturated carbocycles. The molecule has 0 spiro atoms. The van der Waals surface area contributed by atoms with Gasteiger partial charge in [0, 0.05) is 31.2 Å². The Kier molecular flexibility index (Phi) is 12.5. The molecule has 8 heteroatoms. The summed E-state index contributed by atoms with van der Waals surface area (Å²) < 4.78 is 5.21. The van der Waals surface area contributed by atoms with E-state index in [4.69, 9.17) is 9.73 Å². The predicted octanol–water partition coefficient (Wildman–Crippen LogP) is 3.57. The van der Waals surface area contributed by atoms with E-state index in [9.17, 15) is 9.59 Å². The average molecular weight is 544 g/mol. The highest BCUT2D eigenvalue weighted by Crippen LogP contribution is 2.18. The molecule has 7 nitrogen and oxygen atoms in total. The average Bonchev–Trinajstić information content (AvgIpc) is 2.77. The molecule has 174 valence electrons. The van der Waals surface area contributed by atoms with E-state index in [0.29, 0.717) is 25.3 Å². The van der Waals surface area contributed by atoms with Gasteiger partial charge in [0.25, 0.3) is 5.91 Å². The molecule has 0 aliphatic carbocycles. The Bertz CT molecular complexity index is 741. The largest absolute Gasteiger partial charge is 0.466 e. The van der Waals surface area contributed by atoms with E-state index in [-0.39, 0.29) is 47.8 Å². The molecule has 1 amide bonds. The van der Waals surface area contributed by atoms with Crippen molar-refractivity contribution in [1.82, 2.24) is 15.5 Å². The minimum Gasteiger partial charge on any atom is -0.466 e. The Morgan fingerprint density at radius 3 is 2.74 bits per heavy atom. The van der Waals surface area contributed by atoms with Crippen molar-refractivity contribution in [3.8, 4) is 0 Å². The van der Waals surface area contributed by atoms with Gasteiger partial charge in [-0.3, -0.25) is 9.59 Å². The number of rotatable bonds is 8. The Morgan fingerprint density at radius 2 is 2.06 bits per heavy atom. The quantitative estimate of drug-likeness (QED) is 0.226. The summed E-state index contributed by atoms with van der Waals surface area (Å²) in [5.41, 5.74) is 1.62. The van der Waals surface area contributed by atoms with Crippen molar-refractivity contribution in [1.29, 1.82) is 0 Å². The van der Waals surface area contributed by atoms with Gasteiger partial charge in [0.2, 0.25) is 0 Å². The van der Waals surface area contributed by atoms with Gasteiger partial charge in [0.1, 0.15) is 0 Å². The number of hydrogen-bond acceptors (Lipinski definition) is 4.